The van der Waals surface area contributed by atoms with Crippen LogP contribution < -0.4 is 5.32 Å². The first-order valence-electron chi connectivity index (χ1n) is 6.77. The van der Waals surface area contributed by atoms with Crippen LogP contribution in [0.3, 0.4) is 0 Å². The zero-order valence-corrected chi connectivity index (χ0v) is 12.4. The standard InChI is InChI=1S/C15H14N2O4S/c18-15(19)17-14-7-4-11(9-16-14)10-2-1-3-13(8-10)22(20,21)12-5-6-12/h1-4,7-9,12H,5-6H2,(H,16,17)(H,18,19). The van der Waals surface area contributed by atoms with E-state index in [1.807, 2.05) is 0 Å². The summed E-state index contributed by atoms with van der Waals surface area (Å²) in [6, 6.07) is 9.97. The Labute approximate surface area is 127 Å². The van der Waals surface area contributed by atoms with Crippen LogP contribution in [0.1, 0.15) is 12.8 Å². The molecule has 0 bridgehead atoms. The highest BCUT2D eigenvalue weighted by Gasteiger charge is 2.36. The Hall–Kier alpha value is -2.41. The Bertz CT molecular complexity index is 812. The maximum Gasteiger partial charge on any atom is 0.410 e. The summed E-state index contributed by atoms with van der Waals surface area (Å²) in [5.74, 6) is 0.220. The molecule has 1 aromatic heterocycles. The van der Waals surface area contributed by atoms with Crippen LogP contribution in [0, 0.1) is 0 Å². The van der Waals surface area contributed by atoms with E-state index in [4.69, 9.17) is 5.11 Å². The van der Waals surface area contributed by atoms with Crippen molar-refractivity contribution in [2.24, 2.45) is 0 Å². The van der Waals surface area contributed by atoms with Gasteiger partial charge in [-0.3, -0.25) is 5.32 Å². The SMILES string of the molecule is O=C(O)Nc1ccc(-c2cccc(S(=O)(=O)C3CC3)c2)cn1. The monoisotopic (exact) mass is 318 g/mol. The minimum absolute atomic E-state index is 0.220. The van der Waals surface area contributed by atoms with Crippen LogP contribution in [-0.4, -0.2) is 29.9 Å². The Morgan fingerprint density at radius 1 is 1.18 bits per heavy atom. The third-order valence-electron chi connectivity index (χ3n) is 3.46. The first kappa shape index (κ1) is 14.5. The maximum atomic E-state index is 12.3. The van der Waals surface area contributed by atoms with Crippen LogP contribution in [-0.2, 0) is 9.84 Å². The Morgan fingerprint density at radius 2 is 1.95 bits per heavy atom. The Kier molecular flexibility index (Phi) is 3.58. The molecule has 3 rings (SSSR count). The first-order valence-corrected chi connectivity index (χ1v) is 8.32. The molecule has 0 spiro atoms. The number of nitrogens with zero attached hydrogens (tertiary/aromatic N) is 1. The highest BCUT2D eigenvalue weighted by molar-refractivity contribution is 7.92. The molecule has 6 nitrogen and oxygen atoms in total. The lowest BCUT2D eigenvalue weighted by atomic mass is 10.1. The fourth-order valence-corrected chi connectivity index (χ4v) is 3.87. The first-order chi connectivity index (χ1) is 10.5. The fraction of sp³-hybridized carbons (Fsp3) is 0.200. The zero-order chi connectivity index (χ0) is 15.7. The molecule has 1 aromatic carbocycles. The van der Waals surface area contributed by atoms with Crippen LogP contribution in [0.2, 0.25) is 0 Å². The van der Waals surface area contributed by atoms with Crippen molar-refractivity contribution in [3.8, 4) is 11.1 Å². The topological polar surface area (TPSA) is 96.4 Å². The van der Waals surface area contributed by atoms with Crippen molar-refractivity contribution < 1.29 is 18.3 Å². The summed E-state index contributed by atoms with van der Waals surface area (Å²) < 4.78 is 24.5. The lowest BCUT2D eigenvalue weighted by Crippen LogP contribution is -2.08. The number of hydrogen-bond donors (Lipinski definition) is 2. The zero-order valence-electron chi connectivity index (χ0n) is 11.6. The lowest BCUT2D eigenvalue weighted by Gasteiger charge is -2.07. The summed E-state index contributed by atoms with van der Waals surface area (Å²) in [6.45, 7) is 0. The molecule has 114 valence electrons. The van der Waals surface area contributed by atoms with Gasteiger partial charge in [-0.1, -0.05) is 12.1 Å². The van der Waals surface area contributed by atoms with E-state index in [0.717, 1.165) is 24.0 Å². The predicted octanol–water partition coefficient (Wildman–Crippen LogP) is 2.77. The van der Waals surface area contributed by atoms with Gasteiger partial charge >= 0.3 is 6.09 Å². The number of amides is 1. The summed E-state index contributed by atoms with van der Waals surface area (Å²) >= 11 is 0. The molecular weight excluding hydrogens is 304 g/mol. The normalized spacial score (nSPS) is 14.5. The average molecular weight is 318 g/mol. The predicted molar refractivity (Wildman–Crippen MR) is 81.5 cm³/mol. The van der Waals surface area contributed by atoms with E-state index in [9.17, 15) is 13.2 Å². The van der Waals surface area contributed by atoms with Crippen molar-refractivity contribution >= 4 is 21.7 Å². The van der Waals surface area contributed by atoms with E-state index in [1.165, 1.54) is 12.3 Å². The van der Waals surface area contributed by atoms with E-state index in [0.29, 0.717) is 4.90 Å². The van der Waals surface area contributed by atoms with Gasteiger partial charge in [0.15, 0.2) is 9.84 Å². The highest BCUT2D eigenvalue weighted by atomic mass is 32.2. The molecule has 0 unspecified atom stereocenters. The van der Waals surface area contributed by atoms with Crippen LogP contribution in [0.4, 0.5) is 10.6 Å². The van der Waals surface area contributed by atoms with E-state index in [2.05, 4.69) is 10.3 Å². The quantitative estimate of drug-likeness (QED) is 0.903. The van der Waals surface area contributed by atoms with Crippen LogP contribution >= 0.6 is 0 Å². The van der Waals surface area contributed by atoms with Gasteiger partial charge in [0.1, 0.15) is 5.82 Å². The largest absolute Gasteiger partial charge is 0.465 e. The molecule has 1 aliphatic rings. The third-order valence-corrected chi connectivity index (χ3v) is 5.72. The molecule has 1 aliphatic carbocycles. The van der Waals surface area contributed by atoms with Crippen molar-refractivity contribution in [1.29, 1.82) is 0 Å². The van der Waals surface area contributed by atoms with Gasteiger partial charge in [-0.15, -0.1) is 0 Å². The molecule has 7 heteroatoms. The number of aromatic nitrogens is 1. The van der Waals surface area contributed by atoms with Gasteiger partial charge in [-0.2, -0.15) is 0 Å². The maximum absolute atomic E-state index is 12.3. The molecule has 1 fully saturated rings. The number of nitrogens with one attached hydrogen (secondary N) is 1. The second-order valence-electron chi connectivity index (χ2n) is 5.13. The van der Waals surface area contributed by atoms with Crippen molar-refractivity contribution in [3.63, 3.8) is 0 Å². The number of carbonyl (C=O) groups is 1. The molecule has 1 amide bonds. The summed E-state index contributed by atoms with van der Waals surface area (Å²) in [5.41, 5.74) is 1.46. The number of rotatable bonds is 4. The van der Waals surface area contributed by atoms with Gasteiger partial charge in [0.25, 0.3) is 0 Å². The van der Waals surface area contributed by atoms with Crippen LogP contribution in [0.15, 0.2) is 47.5 Å². The molecule has 1 heterocycles. The minimum Gasteiger partial charge on any atom is -0.465 e. The number of benzene rings is 1. The van der Waals surface area contributed by atoms with Gasteiger partial charge in [-0.25, -0.2) is 18.2 Å². The smallest absolute Gasteiger partial charge is 0.410 e. The summed E-state index contributed by atoms with van der Waals surface area (Å²) in [7, 11) is -3.23. The second-order valence-corrected chi connectivity index (χ2v) is 7.36. The second kappa shape index (κ2) is 5.42. The van der Waals surface area contributed by atoms with E-state index in [1.54, 1.807) is 30.3 Å². The highest BCUT2D eigenvalue weighted by Crippen LogP contribution is 2.34. The van der Waals surface area contributed by atoms with Crippen molar-refractivity contribution in [2.45, 2.75) is 23.0 Å². The van der Waals surface area contributed by atoms with Gasteiger partial charge in [0.05, 0.1) is 10.1 Å². The molecule has 0 atom stereocenters. The fourth-order valence-electron chi connectivity index (χ4n) is 2.17. The number of sulfone groups is 1. The average Bonchev–Trinajstić information content (AvgIpc) is 3.33. The molecule has 0 aliphatic heterocycles. The van der Waals surface area contributed by atoms with Gasteiger partial charge in [0, 0.05) is 11.8 Å². The summed E-state index contributed by atoms with van der Waals surface area (Å²) in [5, 5.41) is 10.5. The van der Waals surface area contributed by atoms with Crippen molar-refractivity contribution in [2.75, 3.05) is 5.32 Å². The molecule has 2 aromatic rings. The molecule has 0 radical (unpaired) electrons. The van der Waals surface area contributed by atoms with E-state index >= 15 is 0 Å². The van der Waals surface area contributed by atoms with Gasteiger partial charge < -0.3 is 5.11 Å². The van der Waals surface area contributed by atoms with Gasteiger partial charge in [0.2, 0.25) is 0 Å². The van der Waals surface area contributed by atoms with E-state index in [-0.39, 0.29) is 11.1 Å². The van der Waals surface area contributed by atoms with Gasteiger partial charge in [-0.05, 0) is 42.7 Å². The number of hydrogen-bond acceptors (Lipinski definition) is 4. The third kappa shape index (κ3) is 2.94. The molecule has 0 saturated heterocycles. The Morgan fingerprint density at radius 3 is 2.55 bits per heavy atom. The number of anilines is 1. The molecule has 2 N–H and O–H groups in total. The lowest BCUT2D eigenvalue weighted by molar-refractivity contribution is 0.209. The molecule has 22 heavy (non-hydrogen) atoms. The van der Waals surface area contributed by atoms with Crippen molar-refractivity contribution in [3.05, 3.63) is 42.6 Å². The number of pyridine rings is 1. The number of carboxylic acid groups (broad SMARTS) is 1. The summed E-state index contributed by atoms with van der Waals surface area (Å²) in [6.07, 6.45) is 1.78. The van der Waals surface area contributed by atoms with Crippen molar-refractivity contribution in [1.82, 2.24) is 4.98 Å². The van der Waals surface area contributed by atoms with E-state index < -0.39 is 15.9 Å². The van der Waals surface area contributed by atoms with Crippen LogP contribution in [0.5, 0.6) is 0 Å². The minimum atomic E-state index is -3.23. The molecular formula is C15H14N2O4S. The molecule has 1 saturated carbocycles. The summed E-state index contributed by atoms with van der Waals surface area (Å²) in [4.78, 5) is 14.8. The van der Waals surface area contributed by atoms with Crippen LogP contribution in [0.25, 0.3) is 11.1 Å². The Balaban J connectivity index is 1.90.